The van der Waals surface area contributed by atoms with Gasteiger partial charge < -0.3 is 15.7 Å². The molecule has 1 saturated carbocycles. The topological polar surface area (TPSA) is 78.4 Å². The van der Waals surface area contributed by atoms with Crippen LogP contribution in [-0.2, 0) is 4.79 Å². The summed E-state index contributed by atoms with van der Waals surface area (Å²) in [6, 6.07) is -0.951. The van der Waals surface area contributed by atoms with Crippen molar-refractivity contribution in [3.8, 4) is 0 Å². The van der Waals surface area contributed by atoms with Gasteiger partial charge in [0, 0.05) is 6.04 Å². The van der Waals surface area contributed by atoms with E-state index in [0.29, 0.717) is 0 Å². The first-order valence-electron chi connectivity index (χ1n) is 6.34. The Hall–Kier alpha value is -1.26. The minimum atomic E-state index is -0.971. The lowest BCUT2D eigenvalue weighted by Gasteiger charge is -2.21. The molecule has 0 aliphatic heterocycles. The largest absolute Gasteiger partial charge is 0.480 e. The van der Waals surface area contributed by atoms with Gasteiger partial charge in [-0.1, -0.05) is 33.1 Å². The highest BCUT2D eigenvalue weighted by atomic mass is 16.4. The van der Waals surface area contributed by atoms with E-state index >= 15 is 0 Å². The first-order valence-corrected chi connectivity index (χ1v) is 6.34. The molecule has 17 heavy (non-hydrogen) atoms. The summed E-state index contributed by atoms with van der Waals surface area (Å²) in [5, 5.41) is 14.4. The van der Waals surface area contributed by atoms with Crippen LogP contribution in [0.2, 0.25) is 0 Å². The van der Waals surface area contributed by atoms with E-state index < -0.39 is 12.0 Å². The summed E-state index contributed by atoms with van der Waals surface area (Å²) in [6.07, 6.45) is 4.99. The van der Waals surface area contributed by atoms with E-state index in [1.807, 2.05) is 13.8 Å². The number of aliphatic carboxylic acids is 1. The molecule has 0 heterocycles. The van der Waals surface area contributed by atoms with Crippen LogP contribution in [0.5, 0.6) is 0 Å². The fraction of sp³-hybridized carbons (Fsp3) is 0.833. The van der Waals surface area contributed by atoms with Crippen LogP contribution in [-0.4, -0.2) is 29.2 Å². The molecule has 1 aliphatic rings. The number of amides is 2. The molecule has 2 atom stereocenters. The molecule has 1 rings (SSSR count). The lowest BCUT2D eigenvalue weighted by atomic mass is 9.99. The zero-order chi connectivity index (χ0) is 12.8. The quantitative estimate of drug-likeness (QED) is 0.687. The predicted molar refractivity (Wildman–Crippen MR) is 64.8 cm³/mol. The number of carboxylic acids is 1. The molecule has 1 aliphatic carbocycles. The van der Waals surface area contributed by atoms with Gasteiger partial charge in [-0.25, -0.2) is 9.59 Å². The number of hydrogen-bond acceptors (Lipinski definition) is 2. The summed E-state index contributed by atoms with van der Waals surface area (Å²) in [5.41, 5.74) is 0. The Balaban J connectivity index is 2.43. The molecule has 5 nitrogen and oxygen atoms in total. The van der Waals surface area contributed by atoms with Crippen LogP contribution in [0.4, 0.5) is 4.79 Å². The van der Waals surface area contributed by atoms with Gasteiger partial charge in [0.1, 0.15) is 6.04 Å². The predicted octanol–water partition coefficient (Wildman–Crippen LogP) is 1.73. The Kier molecular flexibility index (Phi) is 5.25. The van der Waals surface area contributed by atoms with Crippen molar-refractivity contribution < 1.29 is 14.7 Å². The summed E-state index contributed by atoms with van der Waals surface area (Å²) in [4.78, 5) is 22.7. The Labute approximate surface area is 102 Å². The van der Waals surface area contributed by atoms with E-state index in [-0.39, 0.29) is 18.0 Å². The number of hydrogen-bond donors (Lipinski definition) is 3. The molecule has 3 N–H and O–H groups in total. The first-order chi connectivity index (χ1) is 8.04. The Morgan fingerprint density at radius 1 is 1.35 bits per heavy atom. The van der Waals surface area contributed by atoms with E-state index in [4.69, 9.17) is 5.11 Å². The molecule has 1 fully saturated rings. The number of carbonyl (C=O) groups is 2. The Morgan fingerprint density at radius 3 is 2.41 bits per heavy atom. The van der Waals surface area contributed by atoms with Crippen molar-refractivity contribution in [2.45, 2.75) is 58.0 Å². The summed E-state index contributed by atoms with van der Waals surface area (Å²) >= 11 is 0. The third-order valence-corrected chi connectivity index (χ3v) is 3.46. The van der Waals surface area contributed by atoms with Crippen molar-refractivity contribution in [3.63, 3.8) is 0 Å². The van der Waals surface area contributed by atoms with Crippen molar-refractivity contribution in [2.24, 2.45) is 5.92 Å². The molecule has 0 radical (unpaired) electrons. The van der Waals surface area contributed by atoms with Gasteiger partial charge in [-0.05, 0) is 18.8 Å². The van der Waals surface area contributed by atoms with Gasteiger partial charge in [0.15, 0.2) is 0 Å². The van der Waals surface area contributed by atoms with E-state index in [9.17, 15) is 9.59 Å². The Bertz CT molecular complexity index is 275. The summed E-state index contributed by atoms with van der Waals surface area (Å²) in [6.45, 7) is 3.74. The molecule has 5 heteroatoms. The van der Waals surface area contributed by atoms with Crippen LogP contribution < -0.4 is 10.6 Å². The minimum absolute atomic E-state index is 0.0678. The molecular formula is C12H22N2O3. The second-order valence-electron chi connectivity index (χ2n) is 4.80. The van der Waals surface area contributed by atoms with Gasteiger partial charge in [-0.3, -0.25) is 0 Å². The van der Waals surface area contributed by atoms with Gasteiger partial charge in [-0.2, -0.15) is 0 Å². The van der Waals surface area contributed by atoms with Crippen molar-refractivity contribution in [2.75, 3.05) is 0 Å². The van der Waals surface area contributed by atoms with Crippen LogP contribution in [0.15, 0.2) is 0 Å². The summed E-state index contributed by atoms with van der Waals surface area (Å²) in [5.74, 6) is -1.04. The highest BCUT2D eigenvalue weighted by Crippen LogP contribution is 2.17. The highest BCUT2D eigenvalue weighted by Gasteiger charge is 2.26. The maximum Gasteiger partial charge on any atom is 0.326 e. The molecule has 0 saturated heterocycles. The van der Waals surface area contributed by atoms with Gasteiger partial charge in [-0.15, -0.1) is 0 Å². The van der Waals surface area contributed by atoms with Gasteiger partial charge in [0.2, 0.25) is 0 Å². The maximum absolute atomic E-state index is 11.6. The van der Waals surface area contributed by atoms with E-state index in [1.54, 1.807) is 0 Å². The average Bonchev–Trinajstić information content (AvgIpc) is 2.77. The van der Waals surface area contributed by atoms with Crippen molar-refractivity contribution in [1.29, 1.82) is 0 Å². The zero-order valence-corrected chi connectivity index (χ0v) is 10.5. The van der Waals surface area contributed by atoms with Gasteiger partial charge in [0.25, 0.3) is 0 Å². The fourth-order valence-corrected chi connectivity index (χ4v) is 2.12. The van der Waals surface area contributed by atoms with Crippen LogP contribution in [0, 0.1) is 5.92 Å². The molecule has 0 spiro atoms. The number of carboxylic acid groups (broad SMARTS) is 1. The smallest absolute Gasteiger partial charge is 0.326 e. The van der Waals surface area contributed by atoms with Crippen LogP contribution in [0.3, 0.4) is 0 Å². The number of rotatable bonds is 5. The second kappa shape index (κ2) is 6.47. The van der Waals surface area contributed by atoms with Crippen molar-refractivity contribution >= 4 is 12.0 Å². The molecule has 0 aromatic heterocycles. The van der Waals surface area contributed by atoms with Crippen molar-refractivity contribution in [1.82, 2.24) is 10.6 Å². The highest BCUT2D eigenvalue weighted by molar-refractivity contribution is 5.82. The Morgan fingerprint density at radius 2 is 1.94 bits per heavy atom. The molecule has 98 valence electrons. The molecule has 0 bridgehead atoms. The zero-order valence-electron chi connectivity index (χ0n) is 10.5. The second-order valence-corrected chi connectivity index (χ2v) is 4.80. The molecule has 0 aromatic carbocycles. The van der Waals surface area contributed by atoms with Crippen LogP contribution in [0.1, 0.15) is 46.0 Å². The monoisotopic (exact) mass is 242 g/mol. The fourth-order valence-electron chi connectivity index (χ4n) is 2.12. The lowest BCUT2D eigenvalue weighted by molar-refractivity contribution is -0.140. The third kappa shape index (κ3) is 4.24. The van der Waals surface area contributed by atoms with Gasteiger partial charge >= 0.3 is 12.0 Å². The van der Waals surface area contributed by atoms with Crippen LogP contribution >= 0.6 is 0 Å². The molecule has 2 amide bonds. The van der Waals surface area contributed by atoms with Crippen LogP contribution in [0.25, 0.3) is 0 Å². The van der Waals surface area contributed by atoms with Gasteiger partial charge in [0.05, 0.1) is 0 Å². The van der Waals surface area contributed by atoms with Crippen molar-refractivity contribution in [3.05, 3.63) is 0 Å². The summed E-state index contributed by atoms with van der Waals surface area (Å²) < 4.78 is 0. The third-order valence-electron chi connectivity index (χ3n) is 3.46. The number of nitrogens with one attached hydrogen (secondary N) is 2. The van der Waals surface area contributed by atoms with E-state index in [0.717, 1.165) is 32.1 Å². The molecular weight excluding hydrogens is 220 g/mol. The molecule has 2 unspecified atom stereocenters. The first kappa shape index (κ1) is 13.8. The van der Waals surface area contributed by atoms with E-state index in [2.05, 4.69) is 10.6 Å². The maximum atomic E-state index is 11.6. The SMILES string of the molecule is CCC(C)C(NC(=O)NC1CCCC1)C(=O)O. The summed E-state index contributed by atoms with van der Waals surface area (Å²) in [7, 11) is 0. The molecule has 0 aromatic rings. The minimum Gasteiger partial charge on any atom is -0.480 e. The van der Waals surface area contributed by atoms with E-state index in [1.165, 1.54) is 0 Å². The number of urea groups is 1. The lowest BCUT2D eigenvalue weighted by Crippen LogP contribution is -2.50. The normalized spacial score (nSPS) is 19.6. The average molecular weight is 242 g/mol. The standard InChI is InChI=1S/C12H22N2O3/c1-3-8(2)10(11(15)16)14-12(17)13-9-6-4-5-7-9/h8-10H,3-7H2,1-2H3,(H,15,16)(H2,13,14,17). The number of carbonyl (C=O) groups excluding carboxylic acids is 1.